The van der Waals surface area contributed by atoms with Crippen LogP contribution >= 0.6 is 0 Å². The van der Waals surface area contributed by atoms with E-state index in [0.29, 0.717) is 30.8 Å². The van der Waals surface area contributed by atoms with E-state index >= 15 is 0 Å². The summed E-state index contributed by atoms with van der Waals surface area (Å²) in [6.07, 6.45) is 1.94. The molecule has 1 aromatic carbocycles. The summed E-state index contributed by atoms with van der Waals surface area (Å²) < 4.78 is 4.79. The van der Waals surface area contributed by atoms with Crippen molar-refractivity contribution >= 4 is 23.7 Å². The summed E-state index contributed by atoms with van der Waals surface area (Å²) in [5, 5.41) is 0. The zero-order valence-electron chi connectivity index (χ0n) is 16.8. The number of aryl methyl sites for hydroxylation is 1. The second kappa shape index (κ2) is 8.55. The molecule has 0 spiro atoms. The van der Waals surface area contributed by atoms with E-state index in [4.69, 9.17) is 10.5 Å². The fourth-order valence-electron chi connectivity index (χ4n) is 4.24. The van der Waals surface area contributed by atoms with Crippen molar-refractivity contribution in [2.45, 2.75) is 31.3 Å². The van der Waals surface area contributed by atoms with Crippen molar-refractivity contribution in [2.75, 3.05) is 13.1 Å². The third-order valence-electron chi connectivity index (χ3n) is 5.66. The number of Topliss-reactive ketones (excluding diaryl/α,β-unsaturated/α-hetero) is 1. The largest absolute Gasteiger partial charge is 0.411 e. The van der Waals surface area contributed by atoms with Gasteiger partial charge in [-0.25, -0.2) is 4.79 Å². The lowest BCUT2D eigenvalue weighted by Gasteiger charge is -2.24. The SMILES string of the molecule is NC(=O)Oc1ccc(CCC(=O)N2CCC3C2C(=O)CN3C(=O)c2ccccn2)cc1. The highest BCUT2D eigenvalue weighted by Gasteiger charge is 2.51. The predicted octanol–water partition coefficient (Wildman–Crippen LogP) is 1.17. The normalized spacial score (nSPS) is 19.9. The molecule has 2 atom stereocenters. The summed E-state index contributed by atoms with van der Waals surface area (Å²) in [5.41, 5.74) is 6.17. The molecule has 2 N–H and O–H groups in total. The predicted molar refractivity (Wildman–Crippen MR) is 109 cm³/mol. The number of hydrogen-bond donors (Lipinski definition) is 1. The third kappa shape index (κ3) is 4.25. The molecule has 3 heterocycles. The van der Waals surface area contributed by atoms with E-state index in [2.05, 4.69) is 4.98 Å². The smallest absolute Gasteiger partial charge is 0.409 e. The molecule has 2 saturated heterocycles. The van der Waals surface area contributed by atoms with Gasteiger partial charge in [0.15, 0.2) is 5.78 Å². The molecule has 0 saturated carbocycles. The van der Waals surface area contributed by atoms with Crippen LogP contribution in [-0.4, -0.2) is 63.6 Å². The van der Waals surface area contributed by atoms with Crippen molar-refractivity contribution < 1.29 is 23.9 Å². The lowest BCUT2D eigenvalue weighted by Crippen LogP contribution is -2.43. The molecule has 9 nitrogen and oxygen atoms in total. The summed E-state index contributed by atoms with van der Waals surface area (Å²) in [5.74, 6) is -0.188. The van der Waals surface area contributed by atoms with E-state index in [-0.39, 0.29) is 36.6 Å². The van der Waals surface area contributed by atoms with Gasteiger partial charge in [-0.1, -0.05) is 18.2 Å². The lowest BCUT2D eigenvalue weighted by atomic mass is 10.1. The van der Waals surface area contributed by atoms with E-state index in [1.54, 1.807) is 58.5 Å². The Morgan fingerprint density at radius 2 is 1.87 bits per heavy atom. The van der Waals surface area contributed by atoms with Crippen LogP contribution in [0.5, 0.6) is 5.75 Å². The topological polar surface area (TPSA) is 123 Å². The number of carbonyl (C=O) groups is 4. The Hall–Kier alpha value is -3.75. The third-order valence-corrected chi connectivity index (χ3v) is 5.66. The first-order valence-electron chi connectivity index (χ1n) is 10.0. The first-order chi connectivity index (χ1) is 14.9. The minimum Gasteiger partial charge on any atom is -0.411 e. The van der Waals surface area contributed by atoms with Crippen molar-refractivity contribution in [1.29, 1.82) is 0 Å². The van der Waals surface area contributed by atoms with Crippen molar-refractivity contribution in [3.8, 4) is 5.75 Å². The van der Waals surface area contributed by atoms with Crippen molar-refractivity contribution in [2.24, 2.45) is 5.73 Å². The average molecular weight is 422 g/mol. The number of benzene rings is 1. The van der Waals surface area contributed by atoms with E-state index in [9.17, 15) is 19.2 Å². The van der Waals surface area contributed by atoms with Gasteiger partial charge in [0.2, 0.25) is 5.91 Å². The van der Waals surface area contributed by atoms with E-state index in [1.165, 1.54) is 0 Å². The van der Waals surface area contributed by atoms with Gasteiger partial charge in [0.1, 0.15) is 17.5 Å². The number of likely N-dealkylation sites (tertiary alicyclic amines) is 2. The number of amides is 3. The van der Waals surface area contributed by atoms with Crippen molar-refractivity contribution in [3.05, 3.63) is 59.9 Å². The summed E-state index contributed by atoms with van der Waals surface area (Å²) in [6.45, 7) is 0.438. The molecule has 2 aromatic rings. The number of ketones is 1. The van der Waals surface area contributed by atoms with Gasteiger partial charge in [0.05, 0.1) is 12.6 Å². The number of aromatic nitrogens is 1. The summed E-state index contributed by atoms with van der Waals surface area (Å²) in [4.78, 5) is 56.3. The van der Waals surface area contributed by atoms with Crippen LogP contribution < -0.4 is 10.5 Å². The quantitative estimate of drug-likeness (QED) is 0.772. The highest BCUT2D eigenvalue weighted by Crippen LogP contribution is 2.31. The molecule has 2 unspecified atom stereocenters. The molecule has 160 valence electrons. The molecule has 0 bridgehead atoms. The maximum Gasteiger partial charge on any atom is 0.409 e. The number of carbonyl (C=O) groups excluding carboxylic acids is 4. The Kier molecular flexibility index (Phi) is 5.66. The lowest BCUT2D eigenvalue weighted by molar-refractivity contribution is -0.136. The van der Waals surface area contributed by atoms with Crippen LogP contribution in [0, 0.1) is 0 Å². The minimum atomic E-state index is -0.886. The van der Waals surface area contributed by atoms with Gasteiger partial charge in [0.25, 0.3) is 5.91 Å². The molecule has 31 heavy (non-hydrogen) atoms. The fourth-order valence-corrected chi connectivity index (χ4v) is 4.24. The molecule has 2 aliphatic rings. The van der Waals surface area contributed by atoms with Crippen molar-refractivity contribution in [1.82, 2.24) is 14.8 Å². The number of rotatable bonds is 5. The molecule has 1 aromatic heterocycles. The highest BCUT2D eigenvalue weighted by molar-refractivity contribution is 6.01. The molecule has 2 fully saturated rings. The summed E-state index contributed by atoms with van der Waals surface area (Å²) in [7, 11) is 0. The number of hydrogen-bond acceptors (Lipinski definition) is 6. The Labute approximate surface area is 178 Å². The first kappa shape index (κ1) is 20.5. The second-order valence-electron chi connectivity index (χ2n) is 7.57. The van der Waals surface area contributed by atoms with Gasteiger partial charge >= 0.3 is 6.09 Å². The monoisotopic (exact) mass is 422 g/mol. The minimum absolute atomic E-state index is 0.00412. The maximum absolute atomic E-state index is 12.8. The van der Waals surface area contributed by atoms with Crippen LogP contribution in [0.25, 0.3) is 0 Å². The zero-order valence-corrected chi connectivity index (χ0v) is 16.8. The number of primary amides is 1. The van der Waals surface area contributed by atoms with Gasteiger partial charge in [-0.2, -0.15) is 0 Å². The van der Waals surface area contributed by atoms with Crippen LogP contribution in [0.15, 0.2) is 48.7 Å². The van der Waals surface area contributed by atoms with Crippen LogP contribution in [0.1, 0.15) is 28.9 Å². The standard InChI is InChI=1S/C22H22N4O5/c23-22(30)31-15-7-4-14(5-8-15)6-9-19(28)25-12-10-17-20(25)18(27)13-26(17)21(29)16-3-1-2-11-24-16/h1-5,7-8,11,17,20H,6,9-10,12-13H2,(H2,23,30). The molecule has 2 aliphatic heterocycles. The van der Waals surface area contributed by atoms with Crippen molar-refractivity contribution in [3.63, 3.8) is 0 Å². The van der Waals surface area contributed by atoms with Crippen LogP contribution in [0.4, 0.5) is 4.79 Å². The number of pyridine rings is 1. The van der Waals surface area contributed by atoms with Gasteiger partial charge < -0.3 is 20.3 Å². The molecule has 0 aliphatic carbocycles. The van der Waals surface area contributed by atoms with Gasteiger partial charge in [0, 0.05) is 19.2 Å². The molecule has 4 rings (SSSR count). The van der Waals surface area contributed by atoms with Gasteiger partial charge in [-0.3, -0.25) is 19.4 Å². The maximum atomic E-state index is 12.8. The summed E-state index contributed by atoms with van der Waals surface area (Å²) >= 11 is 0. The number of ether oxygens (including phenoxy) is 1. The zero-order chi connectivity index (χ0) is 22.0. The van der Waals surface area contributed by atoms with Gasteiger partial charge in [-0.15, -0.1) is 0 Å². The van der Waals surface area contributed by atoms with E-state index in [0.717, 1.165) is 5.56 Å². The molecule has 0 radical (unpaired) electrons. The Balaban J connectivity index is 1.38. The van der Waals surface area contributed by atoms with E-state index in [1.807, 2.05) is 0 Å². The average Bonchev–Trinajstić information content (AvgIpc) is 3.34. The Morgan fingerprint density at radius 3 is 2.55 bits per heavy atom. The number of fused-ring (bicyclic) bond motifs is 1. The summed E-state index contributed by atoms with van der Waals surface area (Å²) in [6, 6.07) is 10.9. The molecular formula is C22H22N4O5. The van der Waals surface area contributed by atoms with E-state index < -0.39 is 12.1 Å². The molecule has 9 heteroatoms. The molecular weight excluding hydrogens is 400 g/mol. The Bertz CT molecular complexity index is 1010. The fraction of sp³-hybridized carbons (Fsp3) is 0.318. The first-order valence-corrected chi connectivity index (χ1v) is 10.0. The van der Waals surface area contributed by atoms with Crippen LogP contribution in [-0.2, 0) is 16.0 Å². The van der Waals surface area contributed by atoms with Crippen LogP contribution in [0.2, 0.25) is 0 Å². The number of nitrogens with two attached hydrogens (primary N) is 1. The van der Waals surface area contributed by atoms with Gasteiger partial charge in [-0.05, 0) is 42.7 Å². The second-order valence-corrected chi connectivity index (χ2v) is 7.57. The van der Waals surface area contributed by atoms with Crippen LogP contribution in [0.3, 0.4) is 0 Å². The highest BCUT2D eigenvalue weighted by atomic mass is 16.5. The molecule has 3 amide bonds. The Morgan fingerprint density at radius 1 is 1.10 bits per heavy atom. The number of nitrogens with zero attached hydrogens (tertiary/aromatic N) is 3.